The van der Waals surface area contributed by atoms with Gasteiger partial charge in [0.2, 0.25) is 0 Å². The third-order valence-electron chi connectivity index (χ3n) is 0.908. The Hall–Kier alpha value is -0.610. The quantitative estimate of drug-likeness (QED) is 0.459. The van der Waals surface area contributed by atoms with Crippen molar-refractivity contribution >= 4 is 5.97 Å². The Morgan fingerprint density at radius 3 is 2.56 bits per heavy atom. The number of aliphatic hydroxyl groups excluding tert-OH is 2. The van der Waals surface area contributed by atoms with Crippen molar-refractivity contribution in [1.82, 2.24) is 0 Å². The molecule has 0 aromatic carbocycles. The Balaban J connectivity index is 3.27. The van der Waals surface area contributed by atoms with E-state index < -0.39 is 12.1 Å². The third-order valence-corrected chi connectivity index (χ3v) is 0.908. The van der Waals surface area contributed by atoms with Crippen LogP contribution in [0.1, 0.15) is 12.8 Å². The van der Waals surface area contributed by atoms with E-state index in [-0.39, 0.29) is 19.4 Å². The van der Waals surface area contributed by atoms with Gasteiger partial charge in [-0.1, -0.05) is 0 Å². The second-order valence-corrected chi connectivity index (χ2v) is 1.70. The Labute approximate surface area is 52.7 Å². The summed E-state index contributed by atoms with van der Waals surface area (Å²) in [5, 5.41) is 26.4. The smallest absolute Gasteiger partial charge is 0.0934 e. The Morgan fingerprint density at radius 2 is 2.22 bits per heavy atom. The van der Waals surface area contributed by atoms with E-state index >= 15 is 0 Å². The van der Waals surface area contributed by atoms with Gasteiger partial charge in [-0.3, -0.25) is 0 Å². The Bertz CT molecular complexity index is 91.0. The lowest BCUT2D eigenvalue weighted by molar-refractivity contribution is -0.315. The van der Waals surface area contributed by atoms with Gasteiger partial charge >= 0.3 is 0 Å². The van der Waals surface area contributed by atoms with Crippen LogP contribution < -0.4 is 5.11 Å². The summed E-state index contributed by atoms with van der Waals surface area (Å²) < 4.78 is 0. The first-order valence-corrected chi connectivity index (χ1v) is 2.68. The summed E-state index contributed by atoms with van der Waals surface area (Å²) in [6, 6.07) is 0. The summed E-state index contributed by atoms with van der Waals surface area (Å²) in [5.74, 6) is -1.48. The van der Waals surface area contributed by atoms with Gasteiger partial charge in [-0.15, -0.1) is 0 Å². The lowest BCUT2D eigenvalue weighted by Crippen LogP contribution is -2.35. The summed E-state index contributed by atoms with van der Waals surface area (Å²) in [4.78, 5) is 9.76. The van der Waals surface area contributed by atoms with Crippen LogP contribution in [-0.4, -0.2) is 28.9 Å². The summed E-state index contributed by atoms with van der Waals surface area (Å²) in [6.07, 6.45) is -1.09. The zero-order chi connectivity index (χ0) is 7.28. The Kier molecular flexibility index (Phi) is 4.00. The van der Waals surface area contributed by atoms with E-state index in [1.165, 1.54) is 0 Å². The fourth-order valence-electron chi connectivity index (χ4n) is 0.402. The van der Waals surface area contributed by atoms with E-state index in [4.69, 9.17) is 10.2 Å². The molecule has 0 fully saturated rings. The van der Waals surface area contributed by atoms with Gasteiger partial charge in [0.25, 0.3) is 0 Å². The molecule has 1 unspecified atom stereocenters. The first-order chi connectivity index (χ1) is 4.18. The highest BCUT2D eigenvalue weighted by Gasteiger charge is 2.01. The predicted molar refractivity (Wildman–Crippen MR) is 27.3 cm³/mol. The highest BCUT2D eigenvalue weighted by atomic mass is 16.4. The van der Waals surface area contributed by atoms with Crippen LogP contribution in [0.15, 0.2) is 0 Å². The van der Waals surface area contributed by atoms with Crippen molar-refractivity contribution in [3.8, 4) is 0 Å². The monoisotopic (exact) mass is 133 g/mol. The molecule has 4 nitrogen and oxygen atoms in total. The van der Waals surface area contributed by atoms with Gasteiger partial charge < -0.3 is 20.1 Å². The molecule has 0 saturated carbocycles. The van der Waals surface area contributed by atoms with E-state index in [0.29, 0.717) is 0 Å². The minimum Gasteiger partial charge on any atom is -0.547 e. The molecule has 0 rings (SSSR count). The number of rotatable bonds is 4. The van der Waals surface area contributed by atoms with Gasteiger partial charge in [0.1, 0.15) is 0 Å². The second kappa shape index (κ2) is 4.29. The molecule has 9 heavy (non-hydrogen) atoms. The molecule has 0 aliphatic heterocycles. The second-order valence-electron chi connectivity index (χ2n) is 1.70. The number of aliphatic hydroxyl groups is 2. The van der Waals surface area contributed by atoms with Gasteiger partial charge in [-0.25, -0.2) is 0 Å². The highest BCUT2D eigenvalue weighted by molar-refractivity contribution is 5.69. The van der Waals surface area contributed by atoms with Crippen LogP contribution in [0.5, 0.6) is 0 Å². The van der Waals surface area contributed by atoms with Crippen LogP contribution in [0.25, 0.3) is 0 Å². The van der Waals surface area contributed by atoms with E-state index in [1.807, 2.05) is 0 Å². The van der Waals surface area contributed by atoms with Crippen molar-refractivity contribution in [2.45, 2.75) is 18.9 Å². The van der Waals surface area contributed by atoms with Crippen LogP contribution in [0.2, 0.25) is 0 Å². The molecular formula is C5H9O4-. The number of carboxylic acids is 1. The van der Waals surface area contributed by atoms with E-state index in [0.717, 1.165) is 0 Å². The molecule has 1 atom stereocenters. The summed E-state index contributed by atoms with van der Waals surface area (Å²) >= 11 is 0. The maximum atomic E-state index is 9.76. The molecule has 0 heterocycles. The number of carbonyl (C=O) groups is 1. The molecule has 0 aromatic rings. The predicted octanol–water partition coefficient (Wildman–Crippen LogP) is -2.13. The average molecular weight is 133 g/mol. The SMILES string of the molecule is O=C([O-])C(O)CCCO. The fourth-order valence-corrected chi connectivity index (χ4v) is 0.402. The van der Waals surface area contributed by atoms with Gasteiger partial charge in [-0.2, -0.15) is 0 Å². The summed E-state index contributed by atoms with van der Waals surface area (Å²) in [6.45, 7) is -0.107. The number of hydrogen-bond donors (Lipinski definition) is 2. The molecule has 54 valence electrons. The van der Waals surface area contributed by atoms with Gasteiger partial charge in [-0.05, 0) is 12.8 Å². The maximum absolute atomic E-state index is 9.76. The largest absolute Gasteiger partial charge is 0.547 e. The fraction of sp³-hybridized carbons (Fsp3) is 0.800. The molecule has 0 aliphatic carbocycles. The topological polar surface area (TPSA) is 80.6 Å². The van der Waals surface area contributed by atoms with Crippen molar-refractivity contribution in [3.63, 3.8) is 0 Å². The number of hydrogen-bond acceptors (Lipinski definition) is 4. The maximum Gasteiger partial charge on any atom is 0.0934 e. The van der Waals surface area contributed by atoms with Crippen molar-refractivity contribution in [2.75, 3.05) is 6.61 Å². The van der Waals surface area contributed by atoms with Crippen LogP contribution in [0.4, 0.5) is 0 Å². The molecule has 0 aromatic heterocycles. The number of carboxylic acid groups (broad SMARTS) is 1. The molecule has 0 aliphatic rings. The van der Waals surface area contributed by atoms with Crippen molar-refractivity contribution in [3.05, 3.63) is 0 Å². The molecule has 0 saturated heterocycles. The highest BCUT2D eigenvalue weighted by Crippen LogP contribution is 1.93. The number of carbonyl (C=O) groups excluding carboxylic acids is 1. The molecule has 0 radical (unpaired) electrons. The van der Waals surface area contributed by atoms with Gasteiger partial charge in [0.05, 0.1) is 12.1 Å². The molecule has 4 heteroatoms. The first kappa shape index (κ1) is 8.39. The van der Waals surface area contributed by atoms with E-state index in [2.05, 4.69) is 0 Å². The summed E-state index contributed by atoms with van der Waals surface area (Å²) in [7, 11) is 0. The van der Waals surface area contributed by atoms with Crippen molar-refractivity contribution in [1.29, 1.82) is 0 Å². The third kappa shape index (κ3) is 3.93. The molecule has 0 amide bonds. The minimum atomic E-state index is -1.48. The molecule has 0 bridgehead atoms. The van der Waals surface area contributed by atoms with Crippen LogP contribution in [-0.2, 0) is 4.79 Å². The van der Waals surface area contributed by atoms with Crippen molar-refractivity contribution < 1.29 is 20.1 Å². The van der Waals surface area contributed by atoms with E-state index in [9.17, 15) is 9.90 Å². The van der Waals surface area contributed by atoms with Crippen LogP contribution in [0.3, 0.4) is 0 Å². The normalized spacial score (nSPS) is 13.1. The first-order valence-electron chi connectivity index (χ1n) is 2.68. The van der Waals surface area contributed by atoms with Crippen molar-refractivity contribution in [2.24, 2.45) is 0 Å². The van der Waals surface area contributed by atoms with Crippen LogP contribution >= 0.6 is 0 Å². The molecular weight excluding hydrogens is 124 g/mol. The van der Waals surface area contributed by atoms with Gasteiger partial charge in [0, 0.05) is 6.61 Å². The van der Waals surface area contributed by atoms with Crippen LogP contribution in [0, 0.1) is 0 Å². The lowest BCUT2D eigenvalue weighted by atomic mass is 10.2. The standard InChI is InChI=1S/C5H10O4/c6-3-1-2-4(7)5(8)9/h4,6-7H,1-3H2,(H,8,9)/p-1. The Morgan fingerprint density at radius 1 is 1.67 bits per heavy atom. The number of aliphatic carboxylic acids is 1. The molecule has 0 spiro atoms. The zero-order valence-electron chi connectivity index (χ0n) is 4.91. The van der Waals surface area contributed by atoms with Gasteiger partial charge in [0.15, 0.2) is 0 Å². The minimum absolute atomic E-state index is 0.0544. The summed E-state index contributed by atoms with van der Waals surface area (Å²) in [5.41, 5.74) is 0. The molecule has 2 N–H and O–H groups in total. The average Bonchev–Trinajstić information content (AvgIpc) is 1.82. The zero-order valence-corrected chi connectivity index (χ0v) is 4.91. The van der Waals surface area contributed by atoms with E-state index in [1.54, 1.807) is 0 Å². The lowest BCUT2D eigenvalue weighted by Gasteiger charge is -2.08.